The van der Waals surface area contributed by atoms with Gasteiger partial charge in [0.1, 0.15) is 5.75 Å². The normalized spacial score (nSPS) is 10.5. The summed E-state index contributed by atoms with van der Waals surface area (Å²) in [4.78, 5) is 12.4. The van der Waals surface area contributed by atoms with Gasteiger partial charge in [0.15, 0.2) is 18.1 Å². The molecule has 0 atom stereocenters. The standard InChI is InChI=1S/C25H23N3O5/c1-30-21-14-8-11-18(23(21)31-2)15-26-22(29)16-32-20-13-7-6-12-19(20)25-28-27-24(33-25)17-9-4-3-5-10-17/h3-14H,15-16H2,1-2H3,(H,26,29). The fraction of sp³-hybridized carbons (Fsp3) is 0.160. The molecular formula is C25H23N3O5. The van der Waals surface area contributed by atoms with Crippen molar-refractivity contribution in [2.24, 2.45) is 0 Å². The first-order valence-electron chi connectivity index (χ1n) is 10.3. The molecule has 1 amide bonds. The van der Waals surface area contributed by atoms with Crippen LogP contribution in [0.1, 0.15) is 5.56 Å². The van der Waals surface area contributed by atoms with E-state index in [2.05, 4.69) is 15.5 Å². The smallest absolute Gasteiger partial charge is 0.258 e. The Kier molecular flexibility index (Phi) is 6.84. The largest absolute Gasteiger partial charge is 0.493 e. The number of para-hydroxylation sites is 2. The van der Waals surface area contributed by atoms with Crippen LogP contribution in [0.15, 0.2) is 77.2 Å². The third-order valence-corrected chi connectivity index (χ3v) is 4.88. The lowest BCUT2D eigenvalue weighted by Gasteiger charge is -2.13. The number of carbonyl (C=O) groups is 1. The number of ether oxygens (including phenoxy) is 3. The van der Waals surface area contributed by atoms with E-state index < -0.39 is 0 Å². The number of amides is 1. The lowest BCUT2D eigenvalue weighted by Crippen LogP contribution is -2.28. The Morgan fingerprint density at radius 1 is 0.848 bits per heavy atom. The van der Waals surface area contributed by atoms with Crippen molar-refractivity contribution in [2.75, 3.05) is 20.8 Å². The van der Waals surface area contributed by atoms with E-state index in [4.69, 9.17) is 18.6 Å². The Balaban J connectivity index is 1.41. The highest BCUT2D eigenvalue weighted by molar-refractivity contribution is 5.78. The van der Waals surface area contributed by atoms with Crippen LogP contribution in [0, 0.1) is 0 Å². The molecule has 1 heterocycles. The molecule has 0 fully saturated rings. The Hall–Kier alpha value is -4.33. The molecule has 8 nitrogen and oxygen atoms in total. The lowest BCUT2D eigenvalue weighted by atomic mass is 10.2. The van der Waals surface area contributed by atoms with Gasteiger partial charge in [0.25, 0.3) is 11.8 Å². The van der Waals surface area contributed by atoms with E-state index in [1.807, 2.05) is 54.6 Å². The summed E-state index contributed by atoms with van der Waals surface area (Å²) in [5, 5.41) is 11.1. The monoisotopic (exact) mass is 445 g/mol. The second-order valence-corrected chi connectivity index (χ2v) is 6.99. The number of hydrogen-bond donors (Lipinski definition) is 1. The molecule has 0 saturated heterocycles. The van der Waals surface area contributed by atoms with Crippen molar-refractivity contribution in [3.05, 3.63) is 78.4 Å². The van der Waals surface area contributed by atoms with Crippen LogP contribution in [0.3, 0.4) is 0 Å². The van der Waals surface area contributed by atoms with Crippen LogP contribution in [0.4, 0.5) is 0 Å². The molecule has 3 aromatic carbocycles. The topological polar surface area (TPSA) is 95.7 Å². The van der Waals surface area contributed by atoms with Crippen LogP contribution in [-0.4, -0.2) is 36.9 Å². The molecule has 0 unspecified atom stereocenters. The summed E-state index contributed by atoms with van der Waals surface area (Å²) >= 11 is 0. The first kappa shape index (κ1) is 21.9. The highest BCUT2D eigenvalue weighted by Gasteiger charge is 2.16. The SMILES string of the molecule is COc1cccc(CNC(=O)COc2ccccc2-c2nnc(-c3ccccc3)o2)c1OC. The molecule has 0 saturated carbocycles. The minimum Gasteiger partial charge on any atom is -0.493 e. The summed E-state index contributed by atoms with van der Waals surface area (Å²) < 4.78 is 22.3. The number of nitrogens with zero attached hydrogens (tertiary/aromatic N) is 2. The number of benzene rings is 3. The summed E-state index contributed by atoms with van der Waals surface area (Å²) in [6.07, 6.45) is 0. The Morgan fingerprint density at radius 2 is 1.58 bits per heavy atom. The van der Waals surface area contributed by atoms with E-state index in [1.54, 1.807) is 32.4 Å². The molecule has 0 aliphatic heterocycles. The van der Waals surface area contributed by atoms with Gasteiger partial charge in [0, 0.05) is 17.7 Å². The fourth-order valence-corrected chi connectivity index (χ4v) is 3.28. The van der Waals surface area contributed by atoms with Crippen molar-refractivity contribution >= 4 is 5.91 Å². The van der Waals surface area contributed by atoms with Crippen molar-refractivity contribution < 1.29 is 23.4 Å². The summed E-state index contributed by atoms with van der Waals surface area (Å²) in [7, 11) is 3.13. The second-order valence-electron chi connectivity index (χ2n) is 6.99. The summed E-state index contributed by atoms with van der Waals surface area (Å²) in [5.41, 5.74) is 2.22. The minimum atomic E-state index is -0.287. The number of aromatic nitrogens is 2. The van der Waals surface area contributed by atoms with E-state index in [1.165, 1.54) is 0 Å². The van der Waals surface area contributed by atoms with Crippen molar-refractivity contribution in [3.8, 4) is 40.2 Å². The molecule has 1 N–H and O–H groups in total. The Morgan fingerprint density at radius 3 is 2.36 bits per heavy atom. The maximum atomic E-state index is 12.4. The molecule has 0 aliphatic rings. The molecule has 1 aromatic heterocycles. The molecule has 33 heavy (non-hydrogen) atoms. The molecule has 168 valence electrons. The zero-order chi connectivity index (χ0) is 23.0. The Labute approximate surface area is 191 Å². The molecule has 4 rings (SSSR count). The maximum Gasteiger partial charge on any atom is 0.258 e. The van der Waals surface area contributed by atoms with Crippen molar-refractivity contribution in [3.63, 3.8) is 0 Å². The molecule has 0 radical (unpaired) electrons. The number of hydrogen-bond acceptors (Lipinski definition) is 7. The van der Waals surface area contributed by atoms with E-state index in [0.29, 0.717) is 34.6 Å². The highest BCUT2D eigenvalue weighted by atomic mass is 16.5. The van der Waals surface area contributed by atoms with Crippen LogP contribution in [0.25, 0.3) is 22.9 Å². The van der Waals surface area contributed by atoms with Crippen LogP contribution in [0.2, 0.25) is 0 Å². The summed E-state index contributed by atoms with van der Waals surface area (Å²) in [6, 6.07) is 22.2. The average molecular weight is 445 g/mol. The first-order valence-corrected chi connectivity index (χ1v) is 10.3. The van der Waals surface area contributed by atoms with Crippen LogP contribution in [0.5, 0.6) is 17.2 Å². The maximum absolute atomic E-state index is 12.4. The highest BCUT2D eigenvalue weighted by Crippen LogP contribution is 2.32. The summed E-state index contributed by atoms with van der Waals surface area (Å²) in [6.45, 7) is 0.0945. The summed E-state index contributed by atoms with van der Waals surface area (Å²) in [5.74, 6) is 2.08. The zero-order valence-corrected chi connectivity index (χ0v) is 18.3. The molecule has 0 spiro atoms. The molecule has 0 bridgehead atoms. The van der Waals surface area contributed by atoms with Gasteiger partial charge in [-0.15, -0.1) is 10.2 Å². The second kappa shape index (κ2) is 10.3. The number of nitrogens with one attached hydrogen (secondary N) is 1. The average Bonchev–Trinajstić information content (AvgIpc) is 3.36. The van der Waals surface area contributed by atoms with Crippen LogP contribution in [-0.2, 0) is 11.3 Å². The third-order valence-electron chi connectivity index (χ3n) is 4.88. The van der Waals surface area contributed by atoms with Crippen LogP contribution < -0.4 is 19.5 Å². The lowest BCUT2D eigenvalue weighted by molar-refractivity contribution is -0.123. The van der Waals surface area contributed by atoms with Gasteiger partial charge in [-0.05, 0) is 30.3 Å². The van der Waals surface area contributed by atoms with Gasteiger partial charge >= 0.3 is 0 Å². The van der Waals surface area contributed by atoms with Crippen molar-refractivity contribution in [1.29, 1.82) is 0 Å². The van der Waals surface area contributed by atoms with Crippen molar-refractivity contribution in [2.45, 2.75) is 6.54 Å². The van der Waals surface area contributed by atoms with Gasteiger partial charge in [-0.1, -0.05) is 42.5 Å². The number of rotatable bonds is 9. The van der Waals surface area contributed by atoms with Gasteiger partial charge in [-0.25, -0.2) is 0 Å². The van der Waals surface area contributed by atoms with Gasteiger partial charge in [-0.2, -0.15) is 0 Å². The number of carbonyl (C=O) groups excluding carboxylic acids is 1. The predicted molar refractivity (Wildman–Crippen MR) is 122 cm³/mol. The van der Waals surface area contributed by atoms with Gasteiger partial charge in [-0.3, -0.25) is 4.79 Å². The van der Waals surface area contributed by atoms with Crippen LogP contribution >= 0.6 is 0 Å². The van der Waals surface area contributed by atoms with E-state index in [9.17, 15) is 4.79 Å². The fourth-order valence-electron chi connectivity index (χ4n) is 3.28. The molecular weight excluding hydrogens is 422 g/mol. The van der Waals surface area contributed by atoms with Crippen molar-refractivity contribution in [1.82, 2.24) is 15.5 Å². The Bertz CT molecular complexity index is 1220. The van der Waals surface area contributed by atoms with Gasteiger partial charge < -0.3 is 23.9 Å². The van der Waals surface area contributed by atoms with E-state index >= 15 is 0 Å². The molecule has 8 heteroatoms. The molecule has 4 aromatic rings. The predicted octanol–water partition coefficient (Wildman–Crippen LogP) is 4.12. The van der Waals surface area contributed by atoms with E-state index in [-0.39, 0.29) is 19.1 Å². The quantitative estimate of drug-likeness (QED) is 0.414. The number of methoxy groups -OCH3 is 2. The zero-order valence-electron chi connectivity index (χ0n) is 18.3. The minimum absolute atomic E-state index is 0.178. The first-order chi connectivity index (χ1) is 16.2. The molecule has 0 aliphatic carbocycles. The third kappa shape index (κ3) is 5.12. The van der Waals surface area contributed by atoms with Gasteiger partial charge in [0.05, 0.1) is 19.8 Å². The van der Waals surface area contributed by atoms with Gasteiger partial charge in [0.2, 0.25) is 5.89 Å². The van der Waals surface area contributed by atoms with E-state index in [0.717, 1.165) is 11.1 Å².